The molecule has 7 aliphatic rings. The smallest absolute Gasteiger partial charge is 0.461 e. The van der Waals surface area contributed by atoms with Crippen molar-refractivity contribution in [3.05, 3.63) is 0 Å². The Morgan fingerprint density at radius 3 is 2.53 bits per heavy atom. The van der Waals surface area contributed by atoms with Gasteiger partial charge in [0.05, 0.1) is 12.5 Å². The number of carbonyl (C=O) groups excluding carboxylic acids is 3. The van der Waals surface area contributed by atoms with Crippen molar-refractivity contribution in [1.29, 1.82) is 0 Å². The summed E-state index contributed by atoms with van der Waals surface area (Å²) in [7, 11) is 0. The molecule has 6 aliphatic carbocycles. The first-order chi connectivity index (χ1) is 15.0. The molecule has 32 heavy (non-hydrogen) atoms. The molecule has 7 rings (SSSR count). The lowest BCUT2D eigenvalue weighted by Crippen LogP contribution is -2.59. The molecule has 7 atom stereocenters. The summed E-state index contributed by atoms with van der Waals surface area (Å²) in [4.78, 5) is 36.4. The average Bonchev–Trinajstić information content (AvgIpc) is 3.29. The summed E-state index contributed by atoms with van der Waals surface area (Å²) in [6.45, 7) is 0.462. The molecule has 1 saturated heterocycles. The fourth-order valence-corrected chi connectivity index (χ4v) is 8.37. The van der Waals surface area contributed by atoms with Gasteiger partial charge >= 0.3 is 24.0 Å². The molecule has 7 nitrogen and oxygen atoms in total. The molecule has 6 bridgehead atoms. The predicted molar refractivity (Wildman–Crippen MR) is 102 cm³/mol. The normalized spacial score (nSPS) is 47.5. The molecular weight excluding hydrogens is 426 g/mol. The van der Waals surface area contributed by atoms with Gasteiger partial charge in [-0.3, -0.25) is 4.79 Å². The Morgan fingerprint density at radius 2 is 1.84 bits per heavy atom. The van der Waals surface area contributed by atoms with E-state index < -0.39 is 35.2 Å². The summed E-state index contributed by atoms with van der Waals surface area (Å²) in [5, 5.41) is 0. The molecule has 0 radical (unpaired) electrons. The van der Waals surface area contributed by atoms with Gasteiger partial charge in [0.25, 0.3) is 0 Å². The maximum atomic E-state index is 13.3. The highest BCUT2D eigenvalue weighted by molar-refractivity contribution is 5.77. The number of alkyl halides is 2. The maximum absolute atomic E-state index is 13.3. The van der Waals surface area contributed by atoms with E-state index in [1.54, 1.807) is 0 Å². The molecule has 0 aromatic heterocycles. The van der Waals surface area contributed by atoms with Crippen LogP contribution in [-0.2, 0) is 28.5 Å². The number of halogens is 2. The summed E-state index contributed by atoms with van der Waals surface area (Å²) in [5.41, 5.74) is -1.15. The lowest BCUT2D eigenvalue weighted by Gasteiger charge is -2.60. The third-order valence-corrected chi connectivity index (χ3v) is 8.94. The van der Waals surface area contributed by atoms with Crippen LogP contribution >= 0.6 is 0 Å². The zero-order valence-electron chi connectivity index (χ0n) is 18.0. The Labute approximate surface area is 184 Å². The van der Waals surface area contributed by atoms with Crippen molar-refractivity contribution in [1.82, 2.24) is 0 Å². The van der Waals surface area contributed by atoms with E-state index in [2.05, 4.69) is 0 Å². The lowest BCUT2D eigenvalue weighted by molar-refractivity contribution is -0.204. The van der Waals surface area contributed by atoms with Crippen LogP contribution in [0.2, 0.25) is 0 Å². The first kappa shape index (κ1) is 20.7. The van der Waals surface area contributed by atoms with Gasteiger partial charge in [-0.15, -0.1) is 0 Å². The largest absolute Gasteiger partial charge is 0.509 e. The van der Waals surface area contributed by atoms with Gasteiger partial charge in [0.2, 0.25) is 0 Å². The highest BCUT2D eigenvalue weighted by Gasteiger charge is 2.64. The molecule has 7 fully saturated rings. The Bertz CT molecular complexity index is 853. The van der Waals surface area contributed by atoms with Crippen LogP contribution in [0.25, 0.3) is 0 Å². The number of ether oxygens (including phenoxy) is 4. The van der Waals surface area contributed by atoms with Crippen molar-refractivity contribution in [3.63, 3.8) is 0 Å². The topological polar surface area (TPSA) is 88.1 Å². The van der Waals surface area contributed by atoms with Crippen LogP contribution in [0.1, 0.15) is 58.3 Å². The zero-order valence-corrected chi connectivity index (χ0v) is 18.0. The molecular formula is C23H28F2O7. The summed E-state index contributed by atoms with van der Waals surface area (Å²) in [6, 6.07) is 0. The number of hydrogen-bond donors (Lipinski definition) is 0. The fourth-order valence-electron chi connectivity index (χ4n) is 8.37. The molecule has 176 valence electrons. The Hall–Kier alpha value is -1.93. The minimum atomic E-state index is -3.52. The van der Waals surface area contributed by atoms with Crippen molar-refractivity contribution in [2.75, 3.05) is 6.61 Å². The van der Waals surface area contributed by atoms with E-state index in [9.17, 15) is 23.2 Å². The van der Waals surface area contributed by atoms with Crippen molar-refractivity contribution < 1.29 is 42.1 Å². The highest BCUT2D eigenvalue weighted by atomic mass is 19.3. The van der Waals surface area contributed by atoms with Crippen molar-refractivity contribution in [2.24, 2.45) is 35.0 Å². The van der Waals surface area contributed by atoms with E-state index in [0.717, 1.165) is 38.5 Å². The van der Waals surface area contributed by atoms with E-state index in [4.69, 9.17) is 18.9 Å². The van der Waals surface area contributed by atoms with E-state index in [1.165, 1.54) is 0 Å². The van der Waals surface area contributed by atoms with Crippen LogP contribution in [0.5, 0.6) is 0 Å². The number of carbonyl (C=O) groups is 3. The summed E-state index contributed by atoms with van der Waals surface area (Å²) in [6.07, 6.45) is 4.50. The van der Waals surface area contributed by atoms with Crippen LogP contribution in [0.4, 0.5) is 13.6 Å². The van der Waals surface area contributed by atoms with Crippen molar-refractivity contribution in [3.8, 4) is 0 Å². The predicted octanol–water partition coefficient (Wildman–Crippen LogP) is 3.63. The summed E-state index contributed by atoms with van der Waals surface area (Å²) >= 11 is 0. The van der Waals surface area contributed by atoms with Gasteiger partial charge in [0.15, 0.2) is 0 Å². The summed E-state index contributed by atoms with van der Waals surface area (Å²) in [5.74, 6) is -4.38. The molecule has 1 aliphatic heterocycles. The average molecular weight is 454 g/mol. The third-order valence-electron chi connectivity index (χ3n) is 8.94. The third kappa shape index (κ3) is 3.13. The lowest BCUT2D eigenvalue weighted by atomic mass is 9.48. The minimum absolute atomic E-state index is 0.0536. The van der Waals surface area contributed by atoms with Gasteiger partial charge in [0.1, 0.15) is 17.8 Å². The van der Waals surface area contributed by atoms with Gasteiger partial charge in [-0.1, -0.05) is 0 Å². The van der Waals surface area contributed by atoms with Gasteiger partial charge in [0, 0.05) is 24.2 Å². The van der Waals surface area contributed by atoms with E-state index >= 15 is 0 Å². The molecule has 7 unspecified atom stereocenters. The molecule has 6 saturated carbocycles. The van der Waals surface area contributed by atoms with E-state index in [0.29, 0.717) is 31.6 Å². The molecule has 0 amide bonds. The second-order valence-electron chi connectivity index (χ2n) is 11.4. The molecule has 9 heteroatoms. The number of rotatable bonds is 5. The standard InChI is InChI=1S/C23H28F2O7/c1-21(24,25)19(27)29-10-22-5-11-2-12(6-22)8-23(7-11,9-22)32-20(28)31-16-13-3-14-15(4-13)18(26)30-17(14)16/h11-17H,2-10H2,1H3. The first-order valence-corrected chi connectivity index (χ1v) is 11.7. The maximum Gasteiger partial charge on any atom is 0.509 e. The Kier molecular flexibility index (Phi) is 4.24. The SMILES string of the molecule is CC(F)(F)C(=O)OCC12CC3CC(C1)CC(OC(=O)OC1C4CC5C(=O)OC1C5C4)(C3)C2. The number of esters is 2. The first-order valence-electron chi connectivity index (χ1n) is 11.7. The monoisotopic (exact) mass is 454 g/mol. The highest BCUT2D eigenvalue weighted by Crippen LogP contribution is 2.63. The van der Waals surface area contributed by atoms with Crippen molar-refractivity contribution >= 4 is 18.1 Å². The number of hydrogen-bond acceptors (Lipinski definition) is 7. The number of fused-ring (bicyclic) bond motifs is 1. The molecule has 0 N–H and O–H groups in total. The molecule has 0 aromatic rings. The van der Waals surface area contributed by atoms with Crippen LogP contribution in [0.3, 0.4) is 0 Å². The van der Waals surface area contributed by atoms with E-state index in [1.807, 2.05) is 0 Å². The van der Waals surface area contributed by atoms with E-state index in [-0.39, 0.29) is 36.4 Å². The second-order valence-corrected chi connectivity index (χ2v) is 11.4. The van der Waals surface area contributed by atoms with Crippen LogP contribution in [-0.4, -0.2) is 48.4 Å². The Morgan fingerprint density at radius 1 is 1.12 bits per heavy atom. The zero-order chi connectivity index (χ0) is 22.5. The van der Waals surface area contributed by atoms with Crippen LogP contribution in [0.15, 0.2) is 0 Å². The quantitative estimate of drug-likeness (QED) is 0.463. The Balaban J connectivity index is 1.13. The van der Waals surface area contributed by atoms with Crippen LogP contribution in [0, 0.1) is 35.0 Å². The summed E-state index contributed by atoms with van der Waals surface area (Å²) < 4.78 is 48.7. The molecule has 0 spiro atoms. The minimum Gasteiger partial charge on any atom is -0.461 e. The van der Waals surface area contributed by atoms with Gasteiger partial charge in [-0.2, -0.15) is 8.78 Å². The van der Waals surface area contributed by atoms with Crippen molar-refractivity contribution in [2.45, 2.75) is 82.0 Å². The van der Waals surface area contributed by atoms with Crippen LogP contribution < -0.4 is 0 Å². The van der Waals surface area contributed by atoms with Gasteiger partial charge in [-0.05, 0) is 63.2 Å². The van der Waals surface area contributed by atoms with Gasteiger partial charge < -0.3 is 18.9 Å². The molecule has 0 aromatic carbocycles. The fraction of sp³-hybridized carbons (Fsp3) is 0.870. The van der Waals surface area contributed by atoms with Gasteiger partial charge in [-0.25, -0.2) is 9.59 Å². The molecule has 1 heterocycles. The second kappa shape index (κ2) is 6.56.